The Hall–Kier alpha value is -3.73. The SMILES string of the molecule is O=S1(=O)N=c2c(c3c4ccccc4ccc3c3ccc[c-]c23)=N1.[Pt+2].[c-]1ccccc1-c1ccccn1. The Morgan fingerprint density at radius 3 is 2.19 bits per heavy atom. The van der Waals surface area contributed by atoms with Crippen LogP contribution in [0.25, 0.3) is 43.6 Å². The molecule has 0 unspecified atom stereocenters. The molecule has 0 bridgehead atoms. The molecule has 0 fully saturated rings. The predicted octanol–water partition coefficient (Wildman–Crippen LogP) is 4.99. The van der Waals surface area contributed by atoms with E-state index in [1.54, 1.807) is 12.3 Å². The van der Waals surface area contributed by atoms with Gasteiger partial charge in [-0.2, -0.15) is 17.2 Å². The smallest absolute Gasteiger partial charge is 0.305 e. The number of hydrogen-bond acceptors (Lipinski definition) is 3. The molecule has 7 heteroatoms. The molecule has 1 aliphatic rings. The first kappa shape index (κ1) is 24.0. The van der Waals surface area contributed by atoms with Crippen LogP contribution in [0.5, 0.6) is 0 Å². The average molecular weight is 667 g/mol. The fraction of sp³-hybridized carbons (Fsp3) is 0. The Kier molecular flexibility index (Phi) is 6.48. The average Bonchev–Trinajstić information content (AvgIpc) is 3.25. The zero-order valence-electron chi connectivity index (χ0n) is 18.7. The van der Waals surface area contributed by atoms with Gasteiger partial charge in [-0.1, -0.05) is 59.3 Å². The predicted molar refractivity (Wildman–Crippen MR) is 138 cm³/mol. The molecule has 2 heterocycles. The minimum atomic E-state index is -3.83. The van der Waals surface area contributed by atoms with E-state index in [2.05, 4.69) is 25.9 Å². The number of pyridine rings is 1. The third kappa shape index (κ3) is 4.34. The van der Waals surface area contributed by atoms with Gasteiger partial charge in [-0.15, -0.1) is 65.5 Å². The van der Waals surface area contributed by atoms with Crippen molar-refractivity contribution in [3.8, 4) is 11.3 Å². The van der Waals surface area contributed by atoms with Crippen LogP contribution in [0.2, 0.25) is 0 Å². The Morgan fingerprint density at radius 1 is 0.639 bits per heavy atom. The molecule has 1 aliphatic heterocycles. The minimum Gasteiger partial charge on any atom is -0.305 e. The van der Waals surface area contributed by atoms with Crippen molar-refractivity contribution in [2.75, 3.05) is 0 Å². The third-order valence-corrected chi connectivity index (χ3v) is 6.66. The van der Waals surface area contributed by atoms with Crippen molar-refractivity contribution in [1.82, 2.24) is 4.98 Å². The molecule has 6 aromatic rings. The van der Waals surface area contributed by atoms with E-state index >= 15 is 0 Å². The van der Waals surface area contributed by atoms with Gasteiger partial charge in [-0.05, 0) is 22.5 Å². The number of hydrogen-bond donors (Lipinski definition) is 0. The molecular weight excluding hydrogens is 649 g/mol. The Labute approximate surface area is 222 Å². The summed E-state index contributed by atoms with van der Waals surface area (Å²) in [6.07, 6.45) is 1.79. The summed E-state index contributed by atoms with van der Waals surface area (Å²) < 4.78 is 31.7. The molecule has 0 N–H and O–H groups in total. The summed E-state index contributed by atoms with van der Waals surface area (Å²) in [7, 11) is -3.83. The second-order valence-electron chi connectivity index (χ2n) is 7.99. The molecule has 0 amide bonds. The molecule has 7 rings (SSSR count). The summed E-state index contributed by atoms with van der Waals surface area (Å²) >= 11 is 0. The summed E-state index contributed by atoms with van der Waals surface area (Å²) in [6.45, 7) is 0. The second kappa shape index (κ2) is 9.73. The fourth-order valence-electron chi connectivity index (χ4n) is 4.35. The summed E-state index contributed by atoms with van der Waals surface area (Å²) in [6, 6.07) is 37.5. The van der Waals surface area contributed by atoms with Crippen molar-refractivity contribution in [3.05, 3.63) is 126 Å². The summed E-state index contributed by atoms with van der Waals surface area (Å²) in [5, 5.41) is 6.25. The van der Waals surface area contributed by atoms with Gasteiger partial charge in [0, 0.05) is 16.9 Å². The van der Waals surface area contributed by atoms with Crippen LogP contribution in [-0.4, -0.2) is 13.4 Å². The minimum absolute atomic E-state index is 0. The second-order valence-corrected chi connectivity index (χ2v) is 9.25. The molecule has 36 heavy (non-hydrogen) atoms. The van der Waals surface area contributed by atoms with E-state index in [1.807, 2.05) is 91.0 Å². The summed E-state index contributed by atoms with van der Waals surface area (Å²) in [4.78, 5) is 4.22. The molecule has 1 aromatic heterocycles. The van der Waals surface area contributed by atoms with Crippen LogP contribution < -0.4 is 10.7 Å². The number of fused-ring (bicyclic) bond motifs is 8. The van der Waals surface area contributed by atoms with Crippen molar-refractivity contribution in [2.45, 2.75) is 0 Å². The maximum Gasteiger partial charge on any atom is 2.00 e. The van der Waals surface area contributed by atoms with Gasteiger partial charge in [0.15, 0.2) is 0 Å². The van der Waals surface area contributed by atoms with Crippen molar-refractivity contribution in [1.29, 1.82) is 0 Å². The standard InChI is InChI=1S/C18H9N2O2S.C11H8N.Pt/c21-23(22)19-17-15-8-4-3-7-13(15)14-10-9-11-5-1-2-6-12(11)16(14)18(17)20-23;1-2-6-10(7-3-1)11-8-4-5-9-12-11;/h1-7,9-10H;1-6,8-9H;/q2*-1;+2. The Bertz CT molecular complexity index is 1920. The number of benzene rings is 5. The van der Waals surface area contributed by atoms with Crippen LogP contribution in [0.1, 0.15) is 0 Å². The van der Waals surface area contributed by atoms with Gasteiger partial charge in [-0.3, -0.25) is 0 Å². The largest absolute Gasteiger partial charge is 2.00 e. The molecule has 176 valence electrons. The first-order valence-electron chi connectivity index (χ1n) is 11.0. The van der Waals surface area contributed by atoms with E-state index in [-0.39, 0.29) is 21.1 Å². The number of rotatable bonds is 1. The zero-order chi connectivity index (χ0) is 23.8. The van der Waals surface area contributed by atoms with Crippen molar-refractivity contribution in [3.63, 3.8) is 0 Å². The maximum absolute atomic E-state index is 12.0. The Balaban J connectivity index is 0.000000175. The van der Waals surface area contributed by atoms with Crippen molar-refractivity contribution in [2.24, 2.45) is 8.80 Å². The van der Waals surface area contributed by atoms with Gasteiger partial charge < -0.3 is 4.98 Å². The fourth-order valence-corrected chi connectivity index (χ4v) is 5.21. The molecule has 0 atom stereocenters. The van der Waals surface area contributed by atoms with Gasteiger partial charge >= 0.3 is 31.3 Å². The number of nitrogens with zero attached hydrogens (tertiary/aromatic N) is 3. The van der Waals surface area contributed by atoms with E-state index in [9.17, 15) is 8.42 Å². The monoisotopic (exact) mass is 666 g/mol. The molecule has 5 nitrogen and oxygen atoms in total. The molecule has 5 aromatic carbocycles. The number of aromatic nitrogens is 1. The first-order chi connectivity index (χ1) is 17.1. The Morgan fingerprint density at radius 2 is 1.39 bits per heavy atom. The van der Waals surface area contributed by atoms with E-state index < -0.39 is 10.2 Å². The topological polar surface area (TPSA) is 71.8 Å². The molecule has 0 radical (unpaired) electrons. The quantitative estimate of drug-likeness (QED) is 0.184. The van der Waals surface area contributed by atoms with Crippen LogP contribution in [0.4, 0.5) is 0 Å². The normalized spacial score (nSPS) is 13.1. The van der Waals surface area contributed by atoms with Crippen LogP contribution in [0.3, 0.4) is 0 Å². The van der Waals surface area contributed by atoms with Crippen molar-refractivity contribution < 1.29 is 29.5 Å². The zero-order valence-corrected chi connectivity index (χ0v) is 21.8. The van der Waals surface area contributed by atoms with Gasteiger partial charge in [0.25, 0.3) is 0 Å². The summed E-state index contributed by atoms with van der Waals surface area (Å²) in [5.41, 5.74) is 2.01. The molecule has 0 saturated carbocycles. The van der Waals surface area contributed by atoms with Gasteiger partial charge in [-0.25, -0.2) is 0 Å². The first-order valence-corrected chi connectivity index (χ1v) is 12.4. The third-order valence-electron chi connectivity index (χ3n) is 5.84. The maximum atomic E-state index is 12.0. The summed E-state index contributed by atoms with van der Waals surface area (Å²) in [5.74, 6) is 0. The van der Waals surface area contributed by atoms with Gasteiger partial charge in [0.2, 0.25) is 0 Å². The van der Waals surface area contributed by atoms with E-state index in [1.165, 1.54) is 0 Å². The van der Waals surface area contributed by atoms with Crippen LogP contribution in [0.15, 0.2) is 112 Å². The van der Waals surface area contributed by atoms with E-state index in [0.29, 0.717) is 16.1 Å². The van der Waals surface area contributed by atoms with Gasteiger partial charge in [0.1, 0.15) is 0 Å². The molecule has 0 spiro atoms. The van der Waals surface area contributed by atoms with Gasteiger partial charge in [0.05, 0.1) is 5.36 Å². The molecular formula is C29H17N3O2PtS. The van der Waals surface area contributed by atoms with Crippen LogP contribution in [-0.2, 0) is 31.3 Å². The molecule has 0 saturated heterocycles. The van der Waals surface area contributed by atoms with E-state index in [0.717, 1.165) is 38.2 Å². The molecule has 0 aliphatic carbocycles. The van der Waals surface area contributed by atoms with Crippen LogP contribution in [0, 0.1) is 12.1 Å². The van der Waals surface area contributed by atoms with E-state index in [4.69, 9.17) is 0 Å². The van der Waals surface area contributed by atoms with Crippen molar-refractivity contribution >= 4 is 42.5 Å². The van der Waals surface area contributed by atoms with Crippen LogP contribution >= 0.6 is 0 Å².